The summed E-state index contributed by atoms with van der Waals surface area (Å²) in [5.74, 6) is 0. The van der Waals surface area contributed by atoms with E-state index in [1.807, 2.05) is 18.2 Å². The zero-order valence-electron chi connectivity index (χ0n) is 6.88. The fourth-order valence-corrected chi connectivity index (χ4v) is 1.00. The molecule has 11 heavy (non-hydrogen) atoms. The van der Waals surface area contributed by atoms with Gasteiger partial charge in [-0.15, -0.1) is 0 Å². The van der Waals surface area contributed by atoms with Crippen LogP contribution in [-0.4, -0.2) is 4.98 Å². The Morgan fingerprint density at radius 3 is 2.91 bits per heavy atom. The van der Waals surface area contributed by atoms with Crippen LogP contribution in [-0.2, 0) is 0 Å². The van der Waals surface area contributed by atoms with Crippen molar-refractivity contribution in [2.45, 2.75) is 19.8 Å². The van der Waals surface area contributed by atoms with E-state index in [1.54, 1.807) is 6.20 Å². The van der Waals surface area contributed by atoms with Crippen LogP contribution in [0.5, 0.6) is 0 Å². The molecule has 0 radical (unpaired) electrons. The first kappa shape index (κ1) is 7.99. The van der Waals surface area contributed by atoms with Crippen LogP contribution in [0.1, 0.15) is 25.5 Å². The molecule has 0 spiro atoms. The molecule has 0 aromatic carbocycles. The molecule has 1 heterocycles. The topological polar surface area (TPSA) is 12.9 Å². The molecule has 1 nitrogen and oxygen atoms in total. The van der Waals surface area contributed by atoms with E-state index < -0.39 is 0 Å². The number of aromatic nitrogens is 1. The molecule has 0 N–H and O–H groups in total. The Morgan fingerprint density at radius 2 is 2.36 bits per heavy atom. The Labute approximate surface area is 67.8 Å². The van der Waals surface area contributed by atoms with Gasteiger partial charge in [-0.05, 0) is 24.1 Å². The number of nitrogens with zero attached hydrogens (tertiary/aromatic N) is 1. The van der Waals surface area contributed by atoms with Gasteiger partial charge in [0.1, 0.15) is 0 Å². The maximum absolute atomic E-state index is 4.20. The maximum Gasteiger partial charge on any atom is 0.0655 e. The Balaban J connectivity index is 2.69. The first-order valence-electron chi connectivity index (χ1n) is 3.93. The molecular formula is C10H13N. The van der Waals surface area contributed by atoms with Crippen LogP contribution in [0.15, 0.2) is 31.0 Å². The Bertz CT molecular complexity index is 226. The monoisotopic (exact) mass is 147 g/mol. The molecule has 0 saturated heterocycles. The molecule has 1 rings (SSSR count). The lowest BCUT2D eigenvalue weighted by molar-refractivity contribution is 0.967. The Hall–Kier alpha value is -1.11. The van der Waals surface area contributed by atoms with Crippen molar-refractivity contribution in [3.63, 3.8) is 0 Å². The summed E-state index contributed by atoms with van der Waals surface area (Å²) in [5.41, 5.74) is 2.16. The van der Waals surface area contributed by atoms with Crippen molar-refractivity contribution in [1.29, 1.82) is 0 Å². The summed E-state index contributed by atoms with van der Waals surface area (Å²) in [7, 11) is 0. The van der Waals surface area contributed by atoms with Gasteiger partial charge in [-0.2, -0.15) is 0 Å². The summed E-state index contributed by atoms with van der Waals surface area (Å²) in [6, 6.07) is 5.91. The van der Waals surface area contributed by atoms with Crippen molar-refractivity contribution in [3.8, 4) is 0 Å². The van der Waals surface area contributed by atoms with E-state index in [9.17, 15) is 0 Å². The minimum atomic E-state index is 1.02. The molecule has 0 fully saturated rings. The van der Waals surface area contributed by atoms with Gasteiger partial charge in [-0.1, -0.05) is 26.0 Å². The highest BCUT2D eigenvalue weighted by atomic mass is 14.7. The highest BCUT2D eigenvalue weighted by Gasteiger charge is 1.95. The summed E-state index contributed by atoms with van der Waals surface area (Å²) < 4.78 is 0. The maximum atomic E-state index is 4.20. The zero-order valence-corrected chi connectivity index (χ0v) is 6.88. The highest BCUT2D eigenvalue weighted by molar-refractivity contribution is 5.59. The van der Waals surface area contributed by atoms with Crippen LogP contribution in [0.2, 0.25) is 0 Å². The van der Waals surface area contributed by atoms with Crippen LogP contribution in [0.4, 0.5) is 0 Å². The van der Waals surface area contributed by atoms with Crippen molar-refractivity contribution in [2.24, 2.45) is 0 Å². The lowest BCUT2D eigenvalue weighted by Crippen LogP contribution is -1.85. The molecule has 0 bridgehead atoms. The summed E-state index contributed by atoms with van der Waals surface area (Å²) in [4.78, 5) is 4.20. The van der Waals surface area contributed by atoms with Crippen molar-refractivity contribution in [1.82, 2.24) is 4.98 Å². The largest absolute Gasteiger partial charge is 0.257 e. The third-order valence-electron chi connectivity index (χ3n) is 1.58. The average molecular weight is 147 g/mol. The van der Waals surface area contributed by atoms with Gasteiger partial charge < -0.3 is 0 Å². The molecule has 0 saturated carbocycles. The number of hydrogen-bond donors (Lipinski definition) is 0. The van der Waals surface area contributed by atoms with Gasteiger partial charge in [-0.25, -0.2) is 0 Å². The summed E-state index contributed by atoms with van der Waals surface area (Å²) in [6.45, 7) is 6.10. The number of allylic oxidation sites excluding steroid dienone is 1. The summed E-state index contributed by atoms with van der Waals surface area (Å²) in [5, 5.41) is 0. The van der Waals surface area contributed by atoms with Gasteiger partial charge in [-0.3, -0.25) is 4.98 Å². The van der Waals surface area contributed by atoms with E-state index in [4.69, 9.17) is 0 Å². The minimum absolute atomic E-state index is 1.02. The highest BCUT2D eigenvalue weighted by Crippen LogP contribution is 2.13. The lowest BCUT2D eigenvalue weighted by atomic mass is 10.1. The van der Waals surface area contributed by atoms with E-state index in [0.29, 0.717) is 0 Å². The quantitative estimate of drug-likeness (QED) is 0.640. The van der Waals surface area contributed by atoms with Gasteiger partial charge in [0.05, 0.1) is 5.69 Å². The van der Waals surface area contributed by atoms with E-state index in [-0.39, 0.29) is 0 Å². The number of pyridine rings is 1. The molecule has 1 aromatic heterocycles. The minimum Gasteiger partial charge on any atom is -0.257 e. The molecule has 0 amide bonds. The lowest BCUT2D eigenvalue weighted by Gasteiger charge is -2.00. The molecule has 1 heteroatoms. The van der Waals surface area contributed by atoms with Gasteiger partial charge in [0.25, 0.3) is 0 Å². The van der Waals surface area contributed by atoms with Crippen LogP contribution >= 0.6 is 0 Å². The van der Waals surface area contributed by atoms with Gasteiger partial charge in [0, 0.05) is 6.20 Å². The fraction of sp³-hybridized carbons (Fsp3) is 0.300. The predicted molar refractivity (Wildman–Crippen MR) is 48.2 cm³/mol. The molecule has 0 aliphatic carbocycles. The van der Waals surface area contributed by atoms with Crippen LogP contribution in [0.25, 0.3) is 5.57 Å². The van der Waals surface area contributed by atoms with Gasteiger partial charge in [0.15, 0.2) is 0 Å². The predicted octanol–water partition coefficient (Wildman–Crippen LogP) is 2.89. The second kappa shape index (κ2) is 3.91. The third kappa shape index (κ3) is 2.19. The molecule has 58 valence electrons. The zero-order chi connectivity index (χ0) is 8.10. The SMILES string of the molecule is C=C(CCC)c1ccccn1. The average Bonchev–Trinajstić information content (AvgIpc) is 2.07. The molecule has 0 unspecified atom stereocenters. The summed E-state index contributed by atoms with van der Waals surface area (Å²) in [6.07, 6.45) is 3.97. The number of rotatable bonds is 3. The van der Waals surface area contributed by atoms with Crippen LogP contribution in [0.3, 0.4) is 0 Å². The smallest absolute Gasteiger partial charge is 0.0655 e. The standard InChI is InChI=1S/C10H13N/c1-3-6-9(2)10-7-4-5-8-11-10/h4-5,7-8H,2-3,6H2,1H3. The van der Waals surface area contributed by atoms with Crippen molar-refractivity contribution in [3.05, 3.63) is 36.7 Å². The van der Waals surface area contributed by atoms with Crippen molar-refractivity contribution >= 4 is 5.57 Å². The molecule has 0 aliphatic rings. The second-order valence-corrected chi connectivity index (χ2v) is 2.57. The molecule has 1 aromatic rings. The number of hydrogen-bond acceptors (Lipinski definition) is 1. The Morgan fingerprint density at radius 1 is 1.55 bits per heavy atom. The van der Waals surface area contributed by atoms with E-state index in [2.05, 4.69) is 18.5 Å². The second-order valence-electron chi connectivity index (χ2n) is 2.57. The third-order valence-corrected chi connectivity index (χ3v) is 1.58. The first-order valence-corrected chi connectivity index (χ1v) is 3.93. The van der Waals surface area contributed by atoms with E-state index in [1.165, 1.54) is 0 Å². The normalized spacial score (nSPS) is 9.55. The van der Waals surface area contributed by atoms with Crippen LogP contribution in [0, 0.1) is 0 Å². The van der Waals surface area contributed by atoms with Crippen LogP contribution < -0.4 is 0 Å². The van der Waals surface area contributed by atoms with Gasteiger partial charge >= 0.3 is 0 Å². The first-order chi connectivity index (χ1) is 5.34. The molecule has 0 atom stereocenters. The molecular weight excluding hydrogens is 134 g/mol. The van der Waals surface area contributed by atoms with E-state index in [0.717, 1.165) is 24.1 Å². The van der Waals surface area contributed by atoms with Crippen molar-refractivity contribution < 1.29 is 0 Å². The van der Waals surface area contributed by atoms with Crippen molar-refractivity contribution in [2.75, 3.05) is 0 Å². The van der Waals surface area contributed by atoms with E-state index >= 15 is 0 Å². The summed E-state index contributed by atoms with van der Waals surface area (Å²) >= 11 is 0. The van der Waals surface area contributed by atoms with Gasteiger partial charge in [0.2, 0.25) is 0 Å². The fourth-order valence-electron chi connectivity index (χ4n) is 1.00. The molecule has 0 aliphatic heterocycles. The Kier molecular flexibility index (Phi) is 2.84.